The second-order valence-corrected chi connectivity index (χ2v) is 5.27. The molecular formula is C16H15NOS. The van der Waals surface area contributed by atoms with Crippen LogP contribution in [-0.2, 0) is 5.75 Å². The number of nitriles is 1. The van der Waals surface area contributed by atoms with E-state index in [1.165, 1.54) is 10.5 Å². The van der Waals surface area contributed by atoms with Crippen molar-refractivity contribution in [2.75, 3.05) is 7.11 Å². The smallest absolute Gasteiger partial charge is 0.119 e. The van der Waals surface area contributed by atoms with Crippen LogP contribution in [0.25, 0.3) is 0 Å². The molecule has 0 aliphatic rings. The normalized spacial score (nSPS) is 9.95. The number of aryl methyl sites for hydroxylation is 1. The molecule has 0 aromatic heterocycles. The minimum Gasteiger partial charge on any atom is -0.497 e. The molecule has 0 unspecified atom stereocenters. The fourth-order valence-electron chi connectivity index (χ4n) is 1.78. The van der Waals surface area contributed by atoms with Gasteiger partial charge in [-0.2, -0.15) is 5.26 Å². The Morgan fingerprint density at radius 2 is 2.05 bits per heavy atom. The molecule has 96 valence electrons. The van der Waals surface area contributed by atoms with E-state index in [1.807, 2.05) is 43.3 Å². The predicted octanol–water partition coefficient (Wildman–Crippen LogP) is 4.17. The number of methoxy groups -OCH3 is 1. The van der Waals surface area contributed by atoms with Crippen LogP contribution in [0.3, 0.4) is 0 Å². The van der Waals surface area contributed by atoms with Crippen LogP contribution in [0.15, 0.2) is 47.4 Å². The molecule has 0 aliphatic carbocycles. The Balaban J connectivity index is 2.08. The first kappa shape index (κ1) is 13.5. The third kappa shape index (κ3) is 3.52. The van der Waals surface area contributed by atoms with Crippen molar-refractivity contribution in [1.29, 1.82) is 5.26 Å². The number of ether oxygens (including phenoxy) is 1. The quantitative estimate of drug-likeness (QED) is 0.781. The van der Waals surface area contributed by atoms with Crippen LogP contribution >= 0.6 is 11.8 Å². The molecule has 2 aromatic rings. The van der Waals surface area contributed by atoms with Crippen molar-refractivity contribution in [2.24, 2.45) is 0 Å². The molecule has 0 saturated heterocycles. The van der Waals surface area contributed by atoms with E-state index in [2.05, 4.69) is 12.1 Å². The van der Waals surface area contributed by atoms with Gasteiger partial charge in [0.1, 0.15) is 5.75 Å². The minimum absolute atomic E-state index is 0.715. The van der Waals surface area contributed by atoms with Gasteiger partial charge in [-0.1, -0.05) is 12.1 Å². The Hall–Kier alpha value is -1.92. The Labute approximate surface area is 118 Å². The van der Waals surface area contributed by atoms with Crippen molar-refractivity contribution in [2.45, 2.75) is 17.6 Å². The summed E-state index contributed by atoms with van der Waals surface area (Å²) in [5.74, 6) is 1.77. The molecule has 0 N–H and O–H groups in total. The first-order valence-electron chi connectivity index (χ1n) is 5.99. The molecule has 2 nitrogen and oxygen atoms in total. The van der Waals surface area contributed by atoms with E-state index in [0.29, 0.717) is 5.56 Å². The summed E-state index contributed by atoms with van der Waals surface area (Å²) in [5.41, 5.74) is 3.13. The number of hydrogen-bond donors (Lipinski definition) is 0. The van der Waals surface area contributed by atoms with Crippen molar-refractivity contribution in [3.05, 3.63) is 59.2 Å². The third-order valence-electron chi connectivity index (χ3n) is 2.91. The van der Waals surface area contributed by atoms with E-state index >= 15 is 0 Å². The molecule has 2 aromatic carbocycles. The maximum absolute atomic E-state index is 8.85. The van der Waals surface area contributed by atoms with Crippen LogP contribution in [-0.4, -0.2) is 7.11 Å². The second-order valence-electron chi connectivity index (χ2n) is 4.22. The first-order valence-corrected chi connectivity index (χ1v) is 6.98. The Bertz CT molecular complexity index is 616. The molecule has 0 bridgehead atoms. The van der Waals surface area contributed by atoms with Crippen LogP contribution in [0, 0.1) is 18.3 Å². The molecule has 0 saturated carbocycles. The lowest BCUT2D eigenvalue weighted by Crippen LogP contribution is -1.88. The first-order chi connectivity index (χ1) is 9.22. The zero-order valence-electron chi connectivity index (χ0n) is 11.0. The summed E-state index contributed by atoms with van der Waals surface area (Å²) in [6.07, 6.45) is 0. The molecule has 0 atom stereocenters. The van der Waals surface area contributed by atoms with E-state index in [4.69, 9.17) is 10.00 Å². The van der Waals surface area contributed by atoms with Gasteiger partial charge in [0, 0.05) is 10.6 Å². The van der Waals surface area contributed by atoms with E-state index in [-0.39, 0.29) is 0 Å². The molecule has 0 heterocycles. The third-order valence-corrected chi connectivity index (χ3v) is 3.95. The number of benzene rings is 2. The van der Waals surface area contributed by atoms with Gasteiger partial charge in [0.15, 0.2) is 0 Å². The molecule has 2 rings (SSSR count). The zero-order chi connectivity index (χ0) is 13.7. The van der Waals surface area contributed by atoms with Crippen molar-refractivity contribution in [3.63, 3.8) is 0 Å². The van der Waals surface area contributed by atoms with E-state index in [1.54, 1.807) is 18.9 Å². The fraction of sp³-hybridized carbons (Fsp3) is 0.188. The van der Waals surface area contributed by atoms with E-state index < -0.39 is 0 Å². The highest BCUT2D eigenvalue weighted by Gasteiger charge is 2.02. The van der Waals surface area contributed by atoms with Crippen molar-refractivity contribution >= 4 is 11.8 Å². The van der Waals surface area contributed by atoms with Crippen LogP contribution in [0.2, 0.25) is 0 Å². The van der Waals surface area contributed by atoms with Gasteiger partial charge in [0.2, 0.25) is 0 Å². The van der Waals surface area contributed by atoms with E-state index in [0.717, 1.165) is 17.1 Å². The zero-order valence-corrected chi connectivity index (χ0v) is 11.8. The molecule has 0 spiro atoms. The molecule has 0 radical (unpaired) electrons. The van der Waals surface area contributed by atoms with Crippen molar-refractivity contribution < 1.29 is 4.74 Å². The lowest BCUT2D eigenvalue weighted by Gasteiger charge is -2.07. The van der Waals surface area contributed by atoms with Crippen LogP contribution in [0.4, 0.5) is 0 Å². The molecule has 0 amide bonds. The fourth-order valence-corrected chi connectivity index (χ4v) is 2.80. The number of rotatable bonds is 4. The highest BCUT2D eigenvalue weighted by Crippen LogP contribution is 2.27. The summed E-state index contributed by atoms with van der Waals surface area (Å²) >= 11 is 1.77. The summed E-state index contributed by atoms with van der Waals surface area (Å²) in [6, 6.07) is 16.0. The highest BCUT2D eigenvalue weighted by molar-refractivity contribution is 7.98. The molecule has 3 heteroatoms. The summed E-state index contributed by atoms with van der Waals surface area (Å²) in [7, 11) is 1.68. The average molecular weight is 269 g/mol. The number of thioether (sulfide) groups is 1. The van der Waals surface area contributed by atoms with Crippen LogP contribution < -0.4 is 4.74 Å². The summed E-state index contributed by atoms with van der Waals surface area (Å²) in [6.45, 7) is 2.04. The topological polar surface area (TPSA) is 33.0 Å². The summed E-state index contributed by atoms with van der Waals surface area (Å²) in [5, 5.41) is 8.85. The highest BCUT2D eigenvalue weighted by atomic mass is 32.2. The van der Waals surface area contributed by atoms with Gasteiger partial charge in [-0.05, 0) is 48.4 Å². The molecule has 0 aliphatic heterocycles. The Morgan fingerprint density at radius 3 is 2.74 bits per heavy atom. The second kappa shape index (κ2) is 6.31. The van der Waals surface area contributed by atoms with Gasteiger partial charge in [-0.25, -0.2) is 0 Å². The maximum atomic E-state index is 8.85. The maximum Gasteiger partial charge on any atom is 0.119 e. The van der Waals surface area contributed by atoms with Crippen LogP contribution in [0.1, 0.15) is 16.7 Å². The van der Waals surface area contributed by atoms with Crippen molar-refractivity contribution in [1.82, 2.24) is 0 Å². The molecule has 0 fully saturated rings. The van der Waals surface area contributed by atoms with Gasteiger partial charge >= 0.3 is 0 Å². The largest absolute Gasteiger partial charge is 0.497 e. The summed E-state index contributed by atoms with van der Waals surface area (Å²) in [4.78, 5) is 1.18. The minimum atomic E-state index is 0.715. The lowest BCUT2D eigenvalue weighted by atomic mass is 10.1. The van der Waals surface area contributed by atoms with Gasteiger partial charge in [0.05, 0.1) is 18.7 Å². The number of hydrogen-bond acceptors (Lipinski definition) is 3. The Kier molecular flexibility index (Phi) is 4.48. The SMILES string of the molecule is COc1cccc(SCc2ccc(C#N)cc2C)c1. The van der Waals surface area contributed by atoms with Crippen LogP contribution in [0.5, 0.6) is 5.75 Å². The van der Waals surface area contributed by atoms with Gasteiger partial charge in [-0.3, -0.25) is 0 Å². The van der Waals surface area contributed by atoms with Gasteiger partial charge in [-0.15, -0.1) is 11.8 Å². The molecular weight excluding hydrogens is 254 g/mol. The lowest BCUT2D eigenvalue weighted by molar-refractivity contribution is 0.413. The van der Waals surface area contributed by atoms with Gasteiger partial charge < -0.3 is 4.74 Å². The predicted molar refractivity (Wildman–Crippen MR) is 78.4 cm³/mol. The monoisotopic (exact) mass is 269 g/mol. The van der Waals surface area contributed by atoms with Crippen molar-refractivity contribution in [3.8, 4) is 11.8 Å². The molecule has 19 heavy (non-hydrogen) atoms. The van der Waals surface area contributed by atoms with E-state index in [9.17, 15) is 0 Å². The Morgan fingerprint density at radius 1 is 1.21 bits per heavy atom. The standard InChI is InChI=1S/C16H15NOS/c1-12-8-13(10-17)6-7-14(12)11-19-16-5-3-4-15(9-16)18-2/h3-9H,11H2,1-2H3. The average Bonchev–Trinajstić information content (AvgIpc) is 2.46. The number of nitrogens with zero attached hydrogens (tertiary/aromatic N) is 1. The van der Waals surface area contributed by atoms with Gasteiger partial charge in [0.25, 0.3) is 0 Å². The summed E-state index contributed by atoms with van der Waals surface area (Å²) < 4.78 is 5.21.